The topological polar surface area (TPSA) is 35.8 Å². The lowest BCUT2D eigenvalue weighted by atomic mass is 10.1. The van der Waals surface area contributed by atoms with Crippen LogP contribution in [-0.2, 0) is 0 Å². The number of hydrazone groups is 1. The van der Waals surface area contributed by atoms with Gasteiger partial charge in [-0.1, -0.05) is 13.8 Å². The second-order valence-electron chi connectivity index (χ2n) is 4.04. The van der Waals surface area contributed by atoms with Crippen molar-refractivity contribution in [3.8, 4) is 0 Å². The molecule has 1 heterocycles. The third kappa shape index (κ3) is 2.69. The van der Waals surface area contributed by atoms with Gasteiger partial charge in [0.1, 0.15) is 0 Å². The fraction of sp³-hybridized carbons (Fsp3) is 0.900. The molecule has 0 unspecified atom stereocenters. The highest BCUT2D eigenvalue weighted by Gasteiger charge is 2.22. The standard InChI is InChI=1S/C10H20N2O/c1-8(2)9(3)11-12-6-4-5-10(12)7-13/h8,10,13H,4-7H2,1-3H3/b11-9+/t10-/m0/s1. The SMILES string of the molecule is C/C(=N\N1CCC[C@H]1CO)C(C)C. The van der Waals surface area contributed by atoms with Crippen LogP contribution < -0.4 is 0 Å². The Hall–Kier alpha value is -0.570. The minimum Gasteiger partial charge on any atom is -0.394 e. The zero-order valence-corrected chi connectivity index (χ0v) is 8.82. The first-order chi connectivity index (χ1) is 6.15. The van der Waals surface area contributed by atoms with Gasteiger partial charge >= 0.3 is 0 Å². The molecule has 0 aromatic heterocycles. The van der Waals surface area contributed by atoms with E-state index in [9.17, 15) is 0 Å². The smallest absolute Gasteiger partial charge is 0.0702 e. The maximum absolute atomic E-state index is 9.08. The summed E-state index contributed by atoms with van der Waals surface area (Å²) in [4.78, 5) is 0. The van der Waals surface area contributed by atoms with E-state index in [0.29, 0.717) is 5.92 Å². The molecular formula is C10H20N2O. The lowest BCUT2D eigenvalue weighted by molar-refractivity contribution is 0.162. The molecule has 3 nitrogen and oxygen atoms in total. The average molecular weight is 184 g/mol. The van der Waals surface area contributed by atoms with Crippen LogP contribution in [0.15, 0.2) is 5.10 Å². The molecule has 1 rings (SSSR count). The first kappa shape index (κ1) is 10.5. The van der Waals surface area contributed by atoms with Crippen molar-refractivity contribution in [1.82, 2.24) is 5.01 Å². The molecule has 0 bridgehead atoms. The summed E-state index contributed by atoms with van der Waals surface area (Å²) in [5.41, 5.74) is 1.15. The predicted octanol–water partition coefficient (Wildman–Crippen LogP) is 1.48. The Labute approximate surface area is 80.4 Å². The van der Waals surface area contributed by atoms with Crippen LogP contribution in [0.2, 0.25) is 0 Å². The lowest BCUT2D eigenvalue weighted by Crippen LogP contribution is -2.29. The van der Waals surface area contributed by atoms with Crippen molar-refractivity contribution in [2.24, 2.45) is 11.0 Å². The van der Waals surface area contributed by atoms with E-state index < -0.39 is 0 Å². The van der Waals surface area contributed by atoms with E-state index in [-0.39, 0.29) is 12.6 Å². The third-order valence-electron chi connectivity index (χ3n) is 2.68. The lowest BCUT2D eigenvalue weighted by Gasteiger charge is -2.21. The maximum Gasteiger partial charge on any atom is 0.0702 e. The van der Waals surface area contributed by atoms with E-state index in [1.54, 1.807) is 0 Å². The molecule has 1 aliphatic heterocycles. The Morgan fingerprint density at radius 2 is 2.31 bits per heavy atom. The first-order valence-corrected chi connectivity index (χ1v) is 5.07. The van der Waals surface area contributed by atoms with E-state index in [1.807, 2.05) is 5.01 Å². The molecule has 3 heteroatoms. The first-order valence-electron chi connectivity index (χ1n) is 5.07. The number of aliphatic hydroxyl groups is 1. The van der Waals surface area contributed by atoms with Crippen molar-refractivity contribution in [3.05, 3.63) is 0 Å². The van der Waals surface area contributed by atoms with Crippen molar-refractivity contribution in [1.29, 1.82) is 0 Å². The molecular weight excluding hydrogens is 164 g/mol. The minimum atomic E-state index is 0.231. The molecule has 1 saturated heterocycles. The molecule has 0 aromatic rings. The van der Waals surface area contributed by atoms with Gasteiger partial charge in [-0.15, -0.1) is 0 Å². The van der Waals surface area contributed by atoms with Crippen LogP contribution in [0.25, 0.3) is 0 Å². The third-order valence-corrected chi connectivity index (χ3v) is 2.68. The molecule has 0 saturated carbocycles. The van der Waals surface area contributed by atoms with Gasteiger partial charge < -0.3 is 5.11 Å². The summed E-state index contributed by atoms with van der Waals surface area (Å²) in [7, 11) is 0. The number of nitrogens with zero attached hydrogens (tertiary/aromatic N) is 2. The number of hydrogen-bond donors (Lipinski definition) is 1. The summed E-state index contributed by atoms with van der Waals surface area (Å²) in [6, 6.07) is 0.258. The predicted molar refractivity (Wildman–Crippen MR) is 54.8 cm³/mol. The van der Waals surface area contributed by atoms with Gasteiger partial charge in [-0.3, -0.25) is 5.01 Å². The Morgan fingerprint density at radius 1 is 1.62 bits per heavy atom. The van der Waals surface area contributed by atoms with Crippen molar-refractivity contribution in [2.45, 2.75) is 39.7 Å². The fourth-order valence-electron chi connectivity index (χ4n) is 1.46. The molecule has 1 fully saturated rings. The highest BCUT2D eigenvalue weighted by atomic mass is 16.3. The van der Waals surface area contributed by atoms with Gasteiger partial charge in [0.25, 0.3) is 0 Å². The van der Waals surface area contributed by atoms with E-state index in [2.05, 4.69) is 25.9 Å². The summed E-state index contributed by atoms with van der Waals surface area (Å²) in [6.07, 6.45) is 2.23. The quantitative estimate of drug-likeness (QED) is 0.674. The summed E-state index contributed by atoms with van der Waals surface area (Å²) < 4.78 is 0. The molecule has 1 N–H and O–H groups in total. The normalized spacial score (nSPS) is 24.5. The number of aliphatic hydroxyl groups excluding tert-OH is 1. The summed E-state index contributed by atoms with van der Waals surface area (Å²) in [5.74, 6) is 0.500. The van der Waals surface area contributed by atoms with E-state index in [0.717, 1.165) is 25.1 Å². The zero-order valence-electron chi connectivity index (χ0n) is 8.82. The van der Waals surface area contributed by atoms with Crippen LogP contribution in [0.5, 0.6) is 0 Å². The Bertz CT molecular complexity index is 189. The summed E-state index contributed by atoms with van der Waals surface area (Å²) in [6.45, 7) is 7.56. The van der Waals surface area contributed by atoms with Crippen molar-refractivity contribution in [3.63, 3.8) is 0 Å². The van der Waals surface area contributed by atoms with E-state index in [1.165, 1.54) is 0 Å². The largest absolute Gasteiger partial charge is 0.394 e. The molecule has 0 spiro atoms. The molecule has 1 aliphatic rings. The molecule has 0 aliphatic carbocycles. The van der Waals surface area contributed by atoms with Gasteiger partial charge in [0.15, 0.2) is 0 Å². The Kier molecular flexibility index (Phi) is 3.72. The van der Waals surface area contributed by atoms with Gasteiger partial charge in [0, 0.05) is 12.3 Å². The van der Waals surface area contributed by atoms with Crippen LogP contribution in [0.4, 0.5) is 0 Å². The number of hydrogen-bond acceptors (Lipinski definition) is 3. The molecule has 0 aromatic carbocycles. The van der Waals surface area contributed by atoms with Gasteiger partial charge in [-0.05, 0) is 25.7 Å². The van der Waals surface area contributed by atoms with E-state index in [4.69, 9.17) is 5.11 Å². The maximum atomic E-state index is 9.08. The monoisotopic (exact) mass is 184 g/mol. The minimum absolute atomic E-state index is 0.231. The van der Waals surface area contributed by atoms with Gasteiger partial charge in [-0.25, -0.2) is 0 Å². The summed E-state index contributed by atoms with van der Waals surface area (Å²) >= 11 is 0. The second kappa shape index (κ2) is 4.61. The van der Waals surface area contributed by atoms with Crippen LogP contribution >= 0.6 is 0 Å². The zero-order chi connectivity index (χ0) is 9.84. The van der Waals surface area contributed by atoms with Gasteiger partial charge in [0.2, 0.25) is 0 Å². The van der Waals surface area contributed by atoms with Crippen molar-refractivity contribution in [2.75, 3.05) is 13.2 Å². The Balaban J connectivity index is 2.56. The number of rotatable bonds is 3. The molecule has 76 valence electrons. The van der Waals surface area contributed by atoms with E-state index >= 15 is 0 Å². The molecule has 0 amide bonds. The van der Waals surface area contributed by atoms with Gasteiger partial charge in [-0.2, -0.15) is 5.10 Å². The van der Waals surface area contributed by atoms with Crippen LogP contribution in [0.1, 0.15) is 33.6 Å². The van der Waals surface area contributed by atoms with Crippen LogP contribution in [0.3, 0.4) is 0 Å². The van der Waals surface area contributed by atoms with Crippen LogP contribution in [0, 0.1) is 5.92 Å². The second-order valence-corrected chi connectivity index (χ2v) is 4.04. The average Bonchev–Trinajstić information content (AvgIpc) is 2.51. The van der Waals surface area contributed by atoms with Crippen molar-refractivity contribution >= 4 is 5.71 Å². The van der Waals surface area contributed by atoms with Gasteiger partial charge in [0.05, 0.1) is 12.6 Å². The Morgan fingerprint density at radius 3 is 2.85 bits per heavy atom. The highest BCUT2D eigenvalue weighted by molar-refractivity contribution is 5.83. The van der Waals surface area contributed by atoms with Crippen molar-refractivity contribution < 1.29 is 5.11 Å². The van der Waals surface area contributed by atoms with Crippen LogP contribution in [-0.4, -0.2) is 35.0 Å². The highest BCUT2D eigenvalue weighted by Crippen LogP contribution is 2.17. The summed E-state index contributed by atoms with van der Waals surface area (Å²) in [5, 5.41) is 15.6. The molecule has 1 atom stereocenters. The molecule has 13 heavy (non-hydrogen) atoms. The fourth-order valence-corrected chi connectivity index (χ4v) is 1.46. The molecule has 0 radical (unpaired) electrons.